The Balaban J connectivity index is 1.55. The number of hydrogen-bond donors (Lipinski definition) is 0. The van der Waals surface area contributed by atoms with Crippen molar-refractivity contribution >= 4 is 21.6 Å². The standard InChI is InChI=1S/C14H14F3N7O3S/c15-14(16,17)11-7-12(24-13(20-11)18-9-19-24)22-2-4-23(5-3-22)28(25,26)8-10-1-6-27-21-10/h1,6-7,9H,2-5,8H2. The van der Waals surface area contributed by atoms with Crippen LogP contribution in [0.2, 0.25) is 0 Å². The Labute approximate surface area is 156 Å². The molecule has 4 rings (SSSR count). The molecule has 0 saturated carbocycles. The van der Waals surface area contributed by atoms with E-state index in [1.54, 1.807) is 4.90 Å². The number of nitrogens with zero attached hydrogens (tertiary/aromatic N) is 7. The van der Waals surface area contributed by atoms with Crippen molar-refractivity contribution in [2.75, 3.05) is 31.1 Å². The molecule has 0 unspecified atom stereocenters. The molecule has 0 bridgehead atoms. The predicted octanol–water partition coefficient (Wildman–Crippen LogP) is 0.783. The van der Waals surface area contributed by atoms with Crippen molar-refractivity contribution in [3.63, 3.8) is 0 Å². The number of aromatic nitrogens is 5. The number of hydrogen-bond acceptors (Lipinski definition) is 8. The summed E-state index contributed by atoms with van der Waals surface area (Å²) >= 11 is 0. The first-order valence-corrected chi connectivity index (χ1v) is 9.75. The van der Waals surface area contributed by atoms with Crippen molar-refractivity contribution in [1.82, 2.24) is 29.0 Å². The van der Waals surface area contributed by atoms with Crippen molar-refractivity contribution < 1.29 is 26.1 Å². The zero-order chi connectivity index (χ0) is 19.9. The average molecular weight is 417 g/mol. The summed E-state index contributed by atoms with van der Waals surface area (Å²) in [6.07, 6.45) is -2.23. The lowest BCUT2D eigenvalue weighted by atomic mass is 10.3. The van der Waals surface area contributed by atoms with Gasteiger partial charge in [0, 0.05) is 38.3 Å². The molecule has 0 atom stereocenters. The summed E-state index contributed by atoms with van der Waals surface area (Å²) in [5.41, 5.74) is -0.792. The quantitative estimate of drug-likeness (QED) is 0.613. The van der Waals surface area contributed by atoms with Crippen LogP contribution in [-0.2, 0) is 22.0 Å². The number of fused-ring (bicyclic) bond motifs is 1. The second-order valence-corrected chi connectivity index (χ2v) is 8.07. The van der Waals surface area contributed by atoms with Gasteiger partial charge in [-0.25, -0.2) is 13.4 Å². The van der Waals surface area contributed by atoms with Crippen LogP contribution in [0.25, 0.3) is 5.78 Å². The summed E-state index contributed by atoms with van der Waals surface area (Å²) in [4.78, 5) is 8.84. The molecular weight excluding hydrogens is 403 g/mol. The summed E-state index contributed by atoms with van der Waals surface area (Å²) in [6, 6.07) is 2.35. The fourth-order valence-corrected chi connectivity index (χ4v) is 4.38. The van der Waals surface area contributed by atoms with Gasteiger partial charge in [0.05, 0.1) is 5.69 Å². The molecular formula is C14H14F3N7O3S. The molecule has 14 heteroatoms. The third-order valence-corrected chi connectivity index (χ3v) is 6.11. The van der Waals surface area contributed by atoms with Crippen LogP contribution in [-0.4, -0.2) is 63.6 Å². The first kappa shape index (κ1) is 18.6. The van der Waals surface area contributed by atoms with E-state index in [-0.39, 0.29) is 49.2 Å². The molecule has 1 aliphatic heterocycles. The molecule has 1 aliphatic rings. The Kier molecular flexibility index (Phi) is 4.45. The van der Waals surface area contributed by atoms with Gasteiger partial charge in [0.15, 0.2) is 5.69 Å². The third-order valence-electron chi connectivity index (χ3n) is 4.30. The highest BCUT2D eigenvalue weighted by molar-refractivity contribution is 7.88. The molecule has 150 valence electrons. The van der Waals surface area contributed by atoms with Crippen LogP contribution in [0.4, 0.5) is 19.0 Å². The van der Waals surface area contributed by atoms with E-state index in [2.05, 4.69) is 24.7 Å². The van der Waals surface area contributed by atoms with Gasteiger partial charge in [0.2, 0.25) is 10.0 Å². The highest BCUT2D eigenvalue weighted by Crippen LogP contribution is 2.31. The molecule has 3 aromatic heterocycles. The third kappa shape index (κ3) is 3.52. The summed E-state index contributed by atoms with van der Waals surface area (Å²) in [5.74, 6) is -0.320. The van der Waals surface area contributed by atoms with Gasteiger partial charge in [-0.3, -0.25) is 0 Å². The minimum Gasteiger partial charge on any atom is -0.364 e. The van der Waals surface area contributed by atoms with E-state index >= 15 is 0 Å². The lowest BCUT2D eigenvalue weighted by molar-refractivity contribution is -0.141. The van der Waals surface area contributed by atoms with Crippen LogP contribution in [0.15, 0.2) is 29.2 Å². The van der Waals surface area contributed by atoms with E-state index in [9.17, 15) is 21.6 Å². The first-order valence-electron chi connectivity index (χ1n) is 8.14. The zero-order valence-corrected chi connectivity index (χ0v) is 15.1. The molecule has 4 heterocycles. The monoisotopic (exact) mass is 417 g/mol. The fraction of sp³-hybridized carbons (Fsp3) is 0.429. The van der Waals surface area contributed by atoms with Gasteiger partial charge in [-0.15, -0.1) is 0 Å². The maximum Gasteiger partial charge on any atom is 0.433 e. The zero-order valence-electron chi connectivity index (χ0n) is 14.2. The van der Waals surface area contributed by atoms with Gasteiger partial charge in [0.1, 0.15) is 24.2 Å². The number of anilines is 1. The van der Waals surface area contributed by atoms with Gasteiger partial charge in [-0.1, -0.05) is 5.16 Å². The Bertz CT molecular complexity index is 1070. The van der Waals surface area contributed by atoms with Crippen LogP contribution >= 0.6 is 0 Å². The van der Waals surface area contributed by atoms with Crippen LogP contribution in [0.5, 0.6) is 0 Å². The van der Waals surface area contributed by atoms with Crippen molar-refractivity contribution in [2.45, 2.75) is 11.9 Å². The molecule has 10 nitrogen and oxygen atoms in total. The number of piperazine rings is 1. The Morgan fingerprint density at radius 1 is 1.18 bits per heavy atom. The van der Waals surface area contributed by atoms with Crippen molar-refractivity contribution in [2.24, 2.45) is 0 Å². The number of alkyl halides is 3. The van der Waals surface area contributed by atoms with E-state index in [1.165, 1.54) is 21.2 Å². The molecule has 0 aliphatic carbocycles. The SMILES string of the molecule is O=S(=O)(Cc1ccon1)N1CCN(c2cc(C(F)(F)F)nc3ncnn23)CC1. The number of rotatable bonds is 4. The molecule has 3 aromatic rings. The van der Waals surface area contributed by atoms with E-state index < -0.39 is 21.9 Å². The molecule has 0 N–H and O–H groups in total. The molecule has 1 saturated heterocycles. The van der Waals surface area contributed by atoms with Gasteiger partial charge in [-0.05, 0) is 0 Å². The Hall–Kier alpha value is -2.74. The van der Waals surface area contributed by atoms with Gasteiger partial charge in [-0.2, -0.15) is 32.1 Å². The molecule has 0 spiro atoms. The van der Waals surface area contributed by atoms with Crippen LogP contribution in [0.3, 0.4) is 0 Å². The highest BCUT2D eigenvalue weighted by Gasteiger charge is 2.35. The second kappa shape index (κ2) is 6.70. The minimum absolute atomic E-state index is 0.111. The maximum atomic E-state index is 13.1. The van der Waals surface area contributed by atoms with E-state index in [1.807, 2.05) is 0 Å². The molecule has 28 heavy (non-hydrogen) atoms. The normalized spacial score (nSPS) is 16.8. The first-order chi connectivity index (χ1) is 13.2. The number of sulfonamides is 1. The van der Waals surface area contributed by atoms with Gasteiger partial charge in [0.25, 0.3) is 5.78 Å². The predicted molar refractivity (Wildman–Crippen MR) is 88.7 cm³/mol. The highest BCUT2D eigenvalue weighted by atomic mass is 32.2. The molecule has 0 amide bonds. The van der Waals surface area contributed by atoms with Crippen molar-refractivity contribution in [3.8, 4) is 0 Å². The van der Waals surface area contributed by atoms with Crippen LogP contribution in [0, 0.1) is 0 Å². The minimum atomic E-state index is -4.63. The average Bonchev–Trinajstić information content (AvgIpc) is 3.31. The fourth-order valence-electron chi connectivity index (χ4n) is 2.95. The molecule has 0 aromatic carbocycles. The summed E-state index contributed by atoms with van der Waals surface area (Å²) in [5, 5.41) is 7.51. The van der Waals surface area contributed by atoms with Gasteiger partial charge >= 0.3 is 6.18 Å². The summed E-state index contributed by atoms with van der Waals surface area (Å²) in [6.45, 7) is 0.600. The maximum absolute atomic E-state index is 13.1. The topological polar surface area (TPSA) is 110 Å². The Morgan fingerprint density at radius 2 is 1.93 bits per heavy atom. The lowest BCUT2D eigenvalue weighted by Crippen LogP contribution is -2.49. The lowest BCUT2D eigenvalue weighted by Gasteiger charge is -2.35. The van der Waals surface area contributed by atoms with E-state index in [0.29, 0.717) is 0 Å². The smallest absolute Gasteiger partial charge is 0.364 e. The van der Waals surface area contributed by atoms with Crippen LogP contribution in [0.1, 0.15) is 11.4 Å². The Morgan fingerprint density at radius 3 is 2.57 bits per heavy atom. The van der Waals surface area contributed by atoms with E-state index in [4.69, 9.17) is 0 Å². The van der Waals surface area contributed by atoms with Crippen molar-refractivity contribution in [1.29, 1.82) is 0 Å². The largest absolute Gasteiger partial charge is 0.433 e. The summed E-state index contributed by atoms with van der Waals surface area (Å²) in [7, 11) is -3.62. The van der Waals surface area contributed by atoms with Crippen molar-refractivity contribution in [3.05, 3.63) is 36.1 Å². The van der Waals surface area contributed by atoms with E-state index in [0.717, 1.165) is 12.4 Å². The summed E-state index contributed by atoms with van der Waals surface area (Å²) < 4.78 is 71.5. The molecule has 1 fully saturated rings. The molecule has 0 radical (unpaired) electrons. The second-order valence-electron chi connectivity index (χ2n) is 6.10. The van der Waals surface area contributed by atoms with Crippen LogP contribution < -0.4 is 4.90 Å². The number of halogens is 3. The van der Waals surface area contributed by atoms with Gasteiger partial charge < -0.3 is 9.42 Å².